The Morgan fingerprint density at radius 3 is 2.74 bits per heavy atom. The van der Waals surface area contributed by atoms with E-state index in [1.165, 1.54) is 6.33 Å². The smallest absolute Gasteiger partial charge is 0.160 e. The third-order valence-corrected chi connectivity index (χ3v) is 6.76. The lowest BCUT2D eigenvalue weighted by Crippen LogP contribution is -2.71. The van der Waals surface area contributed by atoms with Gasteiger partial charge in [-0.05, 0) is 48.9 Å². The first-order valence-corrected chi connectivity index (χ1v) is 11.6. The summed E-state index contributed by atoms with van der Waals surface area (Å²) < 4.78 is 7.79. The molecule has 0 amide bonds. The number of hydrogen-bond donors (Lipinski definition) is 2. The fourth-order valence-corrected chi connectivity index (χ4v) is 4.79. The zero-order valence-electron chi connectivity index (χ0n) is 19.1. The van der Waals surface area contributed by atoms with Gasteiger partial charge in [0.25, 0.3) is 0 Å². The molecule has 4 aromatic heterocycles. The van der Waals surface area contributed by atoms with Gasteiger partial charge < -0.3 is 20.3 Å². The van der Waals surface area contributed by atoms with Crippen LogP contribution in [0.15, 0.2) is 61.3 Å². The minimum absolute atomic E-state index is 0.438. The summed E-state index contributed by atoms with van der Waals surface area (Å²) in [5.74, 6) is 3.13. The minimum atomic E-state index is 0.438. The van der Waals surface area contributed by atoms with Crippen LogP contribution in [0.2, 0.25) is 0 Å². The van der Waals surface area contributed by atoms with Crippen LogP contribution >= 0.6 is 0 Å². The predicted octanol–water partition coefficient (Wildman–Crippen LogP) is 3.32. The van der Waals surface area contributed by atoms with Crippen LogP contribution in [-0.2, 0) is 0 Å². The topological polar surface area (TPSA) is 105 Å². The monoisotopic (exact) mass is 465 g/mol. The summed E-state index contributed by atoms with van der Waals surface area (Å²) in [5.41, 5.74) is 4.64. The molecule has 10 nitrogen and oxygen atoms in total. The Hall–Kier alpha value is -4.31. The highest BCUT2D eigenvalue weighted by Crippen LogP contribution is 2.37. The van der Waals surface area contributed by atoms with E-state index in [0.717, 1.165) is 65.7 Å². The SMILES string of the molecule is Cc1cc(Nc2ncnc3ccc(N4CC5(CNC5)C4)nc23)ccc1Oc1ccn2ncnc2c1. The number of ether oxygens (including phenoxy) is 1. The van der Waals surface area contributed by atoms with Crippen LogP contribution in [-0.4, -0.2) is 55.7 Å². The second-order valence-corrected chi connectivity index (χ2v) is 9.35. The van der Waals surface area contributed by atoms with Gasteiger partial charge in [-0.2, -0.15) is 5.10 Å². The molecule has 6 heterocycles. The molecule has 2 aliphatic rings. The van der Waals surface area contributed by atoms with Crippen molar-refractivity contribution < 1.29 is 4.74 Å². The quantitative estimate of drug-likeness (QED) is 0.404. The largest absolute Gasteiger partial charge is 0.457 e. The highest BCUT2D eigenvalue weighted by atomic mass is 16.5. The van der Waals surface area contributed by atoms with Gasteiger partial charge >= 0.3 is 0 Å². The van der Waals surface area contributed by atoms with Gasteiger partial charge in [-0.15, -0.1) is 0 Å². The van der Waals surface area contributed by atoms with Gasteiger partial charge in [0, 0.05) is 49.5 Å². The highest BCUT2D eigenvalue weighted by molar-refractivity contribution is 5.88. The van der Waals surface area contributed by atoms with Gasteiger partial charge in [-0.1, -0.05) is 0 Å². The summed E-state index contributed by atoms with van der Waals surface area (Å²) in [6.45, 7) is 6.29. The molecule has 2 saturated heterocycles. The molecule has 35 heavy (non-hydrogen) atoms. The van der Waals surface area contributed by atoms with Crippen molar-refractivity contribution in [1.29, 1.82) is 0 Å². The van der Waals surface area contributed by atoms with Crippen molar-refractivity contribution in [3.8, 4) is 11.5 Å². The molecular weight excluding hydrogens is 442 g/mol. The molecule has 0 bridgehead atoms. The predicted molar refractivity (Wildman–Crippen MR) is 132 cm³/mol. The number of benzene rings is 1. The van der Waals surface area contributed by atoms with E-state index >= 15 is 0 Å². The van der Waals surface area contributed by atoms with Crippen molar-refractivity contribution in [1.82, 2.24) is 34.9 Å². The Balaban J connectivity index is 1.13. The van der Waals surface area contributed by atoms with Crippen molar-refractivity contribution in [2.75, 3.05) is 36.4 Å². The second kappa shape index (κ2) is 7.60. The van der Waals surface area contributed by atoms with Crippen LogP contribution in [0.3, 0.4) is 0 Å². The van der Waals surface area contributed by atoms with E-state index in [0.29, 0.717) is 17.0 Å². The van der Waals surface area contributed by atoms with Crippen LogP contribution in [0, 0.1) is 12.3 Å². The molecule has 7 rings (SSSR count). The van der Waals surface area contributed by atoms with Crippen LogP contribution in [0.4, 0.5) is 17.3 Å². The Bertz CT molecular complexity index is 1570. The molecular formula is C25H23N9O. The summed E-state index contributed by atoms with van der Waals surface area (Å²) in [4.78, 5) is 20.3. The van der Waals surface area contributed by atoms with E-state index in [1.807, 2.05) is 55.6 Å². The number of aryl methyl sites for hydroxylation is 1. The first-order valence-electron chi connectivity index (χ1n) is 11.6. The number of nitrogens with zero attached hydrogens (tertiary/aromatic N) is 7. The lowest BCUT2D eigenvalue weighted by Gasteiger charge is -2.56. The van der Waals surface area contributed by atoms with E-state index in [-0.39, 0.29) is 0 Å². The van der Waals surface area contributed by atoms with Crippen molar-refractivity contribution >= 4 is 34.0 Å². The van der Waals surface area contributed by atoms with Gasteiger partial charge in [0.2, 0.25) is 0 Å². The molecule has 174 valence electrons. The van der Waals surface area contributed by atoms with E-state index in [2.05, 4.69) is 35.6 Å². The van der Waals surface area contributed by atoms with E-state index in [4.69, 9.17) is 9.72 Å². The number of aromatic nitrogens is 6. The van der Waals surface area contributed by atoms with Crippen molar-refractivity contribution in [2.45, 2.75) is 6.92 Å². The lowest BCUT2D eigenvalue weighted by molar-refractivity contribution is 0.120. The second-order valence-electron chi connectivity index (χ2n) is 9.35. The van der Waals surface area contributed by atoms with Gasteiger partial charge in [-0.3, -0.25) is 0 Å². The van der Waals surface area contributed by atoms with Crippen molar-refractivity contribution in [3.63, 3.8) is 0 Å². The molecule has 0 aliphatic carbocycles. The summed E-state index contributed by atoms with van der Waals surface area (Å²) >= 11 is 0. The van der Waals surface area contributed by atoms with E-state index < -0.39 is 0 Å². The van der Waals surface area contributed by atoms with Gasteiger partial charge in [0.1, 0.15) is 35.5 Å². The number of fused-ring (bicyclic) bond motifs is 2. The number of rotatable bonds is 5. The lowest BCUT2D eigenvalue weighted by atomic mass is 9.74. The molecule has 1 aromatic carbocycles. The van der Waals surface area contributed by atoms with Crippen molar-refractivity contribution in [3.05, 3.63) is 66.9 Å². The Labute approximate surface area is 201 Å². The third-order valence-electron chi connectivity index (χ3n) is 6.76. The minimum Gasteiger partial charge on any atom is -0.457 e. The molecule has 0 radical (unpaired) electrons. The van der Waals surface area contributed by atoms with Gasteiger partial charge in [0.15, 0.2) is 11.5 Å². The summed E-state index contributed by atoms with van der Waals surface area (Å²) in [5, 5.41) is 10.9. The Morgan fingerprint density at radius 2 is 1.91 bits per heavy atom. The van der Waals surface area contributed by atoms with E-state index in [1.54, 1.807) is 10.8 Å². The normalized spacial score (nSPS) is 16.3. The summed E-state index contributed by atoms with van der Waals surface area (Å²) in [6, 6.07) is 13.7. The zero-order chi connectivity index (χ0) is 23.4. The van der Waals surface area contributed by atoms with E-state index in [9.17, 15) is 0 Å². The Morgan fingerprint density at radius 1 is 1.00 bits per heavy atom. The Kier molecular flexibility index (Phi) is 4.37. The molecule has 5 aromatic rings. The molecule has 2 aliphatic heterocycles. The maximum Gasteiger partial charge on any atom is 0.160 e. The molecule has 1 spiro atoms. The van der Waals surface area contributed by atoms with Gasteiger partial charge in [-0.25, -0.2) is 24.5 Å². The maximum atomic E-state index is 6.10. The average molecular weight is 466 g/mol. The molecule has 0 atom stereocenters. The zero-order valence-corrected chi connectivity index (χ0v) is 19.1. The van der Waals surface area contributed by atoms with Gasteiger partial charge in [0.05, 0.1) is 5.52 Å². The highest BCUT2D eigenvalue weighted by Gasteiger charge is 2.47. The summed E-state index contributed by atoms with van der Waals surface area (Å²) in [7, 11) is 0. The number of hydrogen-bond acceptors (Lipinski definition) is 9. The van der Waals surface area contributed by atoms with Crippen LogP contribution in [0.5, 0.6) is 11.5 Å². The molecule has 2 fully saturated rings. The third kappa shape index (κ3) is 3.50. The number of anilines is 3. The maximum absolute atomic E-state index is 6.10. The van der Waals surface area contributed by atoms with Crippen LogP contribution < -0.4 is 20.3 Å². The fraction of sp³-hybridized carbons (Fsp3) is 0.240. The van der Waals surface area contributed by atoms with Crippen LogP contribution in [0.25, 0.3) is 16.7 Å². The molecule has 2 N–H and O–H groups in total. The fourth-order valence-electron chi connectivity index (χ4n) is 4.79. The first-order chi connectivity index (χ1) is 17.1. The number of nitrogens with one attached hydrogen (secondary N) is 2. The first kappa shape index (κ1) is 20.1. The standard InChI is InChI=1S/C25H23N9O/c1-16-8-17(2-4-20(16)35-18-6-7-34-22(9-18)28-15-30-34)31-24-23-19(27-14-29-24)3-5-21(32-23)33-12-25(13-33)10-26-11-25/h2-9,14-15,26H,10-13H2,1H3,(H,27,29,31). The average Bonchev–Trinajstić information content (AvgIpc) is 3.27. The molecule has 0 unspecified atom stereocenters. The van der Waals surface area contributed by atoms with Crippen LogP contribution in [0.1, 0.15) is 5.56 Å². The number of pyridine rings is 2. The van der Waals surface area contributed by atoms with Crippen molar-refractivity contribution in [2.24, 2.45) is 5.41 Å². The molecule has 0 saturated carbocycles. The summed E-state index contributed by atoms with van der Waals surface area (Å²) in [6.07, 6.45) is 4.91. The molecule has 10 heteroatoms.